The van der Waals surface area contributed by atoms with Crippen LogP contribution in [0.1, 0.15) is 18.8 Å². The van der Waals surface area contributed by atoms with Gasteiger partial charge in [0.1, 0.15) is 11.9 Å². The number of hydrogen-bond acceptors (Lipinski definition) is 3. The Hall–Kier alpha value is -1.59. The fourth-order valence-electron chi connectivity index (χ4n) is 2.06. The van der Waals surface area contributed by atoms with E-state index in [-0.39, 0.29) is 0 Å². The van der Waals surface area contributed by atoms with Crippen LogP contribution in [-0.2, 0) is 11.3 Å². The van der Waals surface area contributed by atoms with Crippen molar-refractivity contribution in [3.05, 3.63) is 29.0 Å². The Morgan fingerprint density at radius 2 is 2.21 bits per heavy atom. The quantitative estimate of drug-likeness (QED) is 0.935. The van der Waals surface area contributed by atoms with Crippen LogP contribution in [0.5, 0.6) is 0 Å². The summed E-state index contributed by atoms with van der Waals surface area (Å²) in [6, 6.07) is 4.64. The van der Waals surface area contributed by atoms with Crippen molar-refractivity contribution in [2.45, 2.75) is 19.5 Å². The fraction of sp³-hybridized carbons (Fsp3) is 0.385. The molecule has 1 heterocycles. The van der Waals surface area contributed by atoms with Crippen LogP contribution in [0.2, 0.25) is 5.02 Å². The highest BCUT2D eigenvalue weighted by atomic mass is 35.5. The van der Waals surface area contributed by atoms with Gasteiger partial charge in [0.15, 0.2) is 0 Å². The van der Waals surface area contributed by atoms with Crippen LogP contribution < -0.4 is 0 Å². The molecule has 0 spiro atoms. The highest BCUT2D eigenvalue weighted by Crippen LogP contribution is 2.24. The van der Waals surface area contributed by atoms with Gasteiger partial charge in [-0.1, -0.05) is 11.6 Å². The van der Waals surface area contributed by atoms with Crippen LogP contribution in [0, 0.1) is 0 Å². The third kappa shape index (κ3) is 2.72. The molecule has 0 saturated heterocycles. The third-order valence-electron chi connectivity index (χ3n) is 2.93. The van der Waals surface area contributed by atoms with E-state index in [0.717, 1.165) is 16.9 Å². The van der Waals surface area contributed by atoms with E-state index >= 15 is 0 Å². The van der Waals surface area contributed by atoms with Crippen molar-refractivity contribution in [1.29, 1.82) is 0 Å². The summed E-state index contributed by atoms with van der Waals surface area (Å²) in [5.74, 6) is -0.161. The van der Waals surface area contributed by atoms with Gasteiger partial charge in [0.05, 0.1) is 17.6 Å². The lowest BCUT2D eigenvalue weighted by Gasteiger charge is -2.16. The maximum atomic E-state index is 11.3. The number of hydrogen-bond donors (Lipinski definition) is 1. The molecule has 0 fully saturated rings. The summed E-state index contributed by atoms with van der Waals surface area (Å²) in [4.78, 5) is 17.7. The maximum Gasteiger partial charge on any atom is 0.326 e. The number of aliphatic carboxylic acids is 1. The molecule has 0 radical (unpaired) electrons. The Kier molecular flexibility index (Phi) is 3.78. The van der Waals surface area contributed by atoms with E-state index in [4.69, 9.17) is 11.6 Å². The van der Waals surface area contributed by atoms with E-state index in [1.165, 1.54) is 0 Å². The largest absolute Gasteiger partial charge is 0.480 e. The maximum absolute atomic E-state index is 11.3. The second kappa shape index (κ2) is 5.19. The molecule has 0 bridgehead atoms. The van der Waals surface area contributed by atoms with Crippen molar-refractivity contribution in [3.8, 4) is 0 Å². The molecule has 1 aromatic carbocycles. The predicted octanol–water partition coefficient (Wildman–Crippen LogP) is 2.40. The standard InChI is InChI=1S/C13H16ClN3O2/c1-8(13(18)19)17-11-5-4-9(14)6-10(11)15-12(17)7-16(2)3/h4-6,8H,7H2,1-3H3,(H,18,19). The molecule has 5 nitrogen and oxygen atoms in total. The normalized spacial score (nSPS) is 13.1. The summed E-state index contributed by atoms with van der Waals surface area (Å²) in [5.41, 5.74) is 1.51. The second-order valence-electron chi connectivity index (χ2n) is 4.78. The first-order valence-electron chi connectivity index (χ1n) is 5.94. The van der Waals surface area contributed by atoms with Crippen molar-refractivity contribution in [3.63, 3.8) is 0 Å². The highest BCUT2D eigenvalue weighted by molar-refractivity contribution is 6.31. The van der Waals surface area contributed by atoms with Crippen LogP contribution in [0.4, 0.5) is 0 Å². The number of nitrogens with zero attached hydrogens (tertiary/aromatic N) is 3. The van der Waals surface area contributed by atoms with E-state index in [0.29, 0.717) is 11.6 Å². The zero-order valence-corrected chi connectivity index (χ0v) is 11.8. The van der Waals surface area contributed by atoms with Crippen LogP contribution >= 0.6 is 11.6 Å². The minimum atomic E-state index is -0.880. The van der Waals surface area contributed by atoms with E-state index < -0.39 is 12.0 Å². The summed E-state index contributed by atoms with van der Waals surface area (Å²) < 4.78 is 1.74. The SMILES string of the molecule is CC(C(=O)O)n1c(CN(C)C)nc2cc(Cl)ccc21. The smallest absolute Gasteiger partial charge is 0.326 e. The molecule has 1 atom stereocenters. The Bertz CT molecular complexity index is 622. The van der Waals surface area contributed by atoms with Gasteiger partial charge < -0.3 is 14.6 Å². The van der Waals surface area contributed by atoms with Gasteiger partial charge >= 0.3 is 5.97 Å². The summed E-state index contributed by atoms with van der Waals surface area (Å²) in [6.45, 7) is 2.22. The number of carboxylic acids is 1. The van der Waals surface area contributed by atoms with E-state index in [2.05, 4.69) is 4.98 Å². The highest BCUT2D eigenvalue weighted by Gasteiger charge is 2.21. The number of aromatic nitrogens is 2. The average Bonchev–Trinajstić information content (AvgIpc) is 2.63. The van der Waals surface area contributed by atoms with E-state index in [1.807, 2.05) is 25.1 Å². The molecule has 0 amide bonds. The molecule has 1 aromatic heterocycles. The zero-order valence-electron chi connectivity index (χ0n) is 11.1. The summed E-state index contributed by atoms with van der Waals surface area (Å²) in [7, 11) is 3.84. The number of halogens is 1. The number of carbonyl (C=O) groups is 1. The molecule has 102 valence electrons. The average molecular weight is 282 g/mol. The summed E-state index contributed by atoms with van der Waals surface area (Å²) in [6.07, 6.45) is 0. The molecule has 6 heteroatoms. The van der Waals surface area contributed by atoms with Gasteiger partial charge in [-0.2, -0.15) is 0 Å². The monoisotopic (exact) mass is 281 g/mol. The summed E-state index contributed by atoms with van der Waals surface area (Å²) in [5, 5.41) is 9.83. The molecule has 1 N–H and O–H groups in total. The number of rotatable bonds is 4. The molecule has 0 aliphatic rings. The molecular weight excluding hydrogens is 266 g/mol. The lowest BCUT2D eigenvalue weighted by atomic mass is 10.2. The zero-order chi connectivity index (χ0) is 14.2. The van der Waals surface area contributed by atoms with E-state index in [1.54, 1.807) is 23.6 Å². The van der Waals surface area contributed by atoms with Crippen molar-refractivity contribution in [1.82, 2.24) is 14.5 Å². The molecule has 0 aliphatic carbocycles. The van der Waals surface area contributed by atoms with Gasteiger partial charge in [0.25, 0.3) is 0 Å². The van der Waals surface area contributed by atoms with Gasteiger partial charge in [-0.05, 0) is 39.2 Å². The van der Waals surface area contributed by atoms with E-state index in [9.17, 15) is 9.90 Å². The Morgan fingerprint density at radius 3 is 2.79 bits per heavy atom. The minimum absolute atomic E-state index is 0.573. The van der Waals surface area contributed by atoms with Crippen molar-refractivity contribution >= 4 is 28.6 Å². The third-order valence-corrected chi connectivity index (χ3v) is 3.16. The molecule has 0 saturated carbocycles. The molecule has 0 aliphatic heterocycles. The fourth-order valence-corrected chi connectivity index (χ4v) is 2.23. The molecule has 19 heavy (non-hydrogen) atoms. The van der Waals surface area contributed by atoms with Gasteiger partial charge in [-0.15, -0.1) is 0 Å². The number of benzene rings is 1. The topological polar surface area (TPSA) is 58.4 Å². The van der Waals surface area contributed by atoms with Crippen molar-refractivity contribution < 1.29 is 9.90 Å². The molecule has 2 rings (SSSR count). The van der Waals surface area contributed by atoms with Crippen LogP contribution in [0.15, 0.2) is 18.2 Å². The lowest BCUT2D eigenvalue weighted by Crippen LogP contribution is -2.21. The Balaban J connectivity index is 2.64. The first-order valence-corrected chi connectivity index (χ1v) is 6.32. The van der Waals surface area contributed by atoms with Crippen LogP contribution in [0.25, 0.3) is 11.0 Å². The molecule has 1 unspecified atom stereocenters. The molecular formula is C13H16ClN3O2. The number of imidazole rings is 1. The van der Waals surface area contributed by atoms with Crippen LogP contribution in [-0.4, -0.2) is 39.6 Å². The first kappa shape index (κ1) is 13.8. The second-order valence-corrected chi connectivity index (χ2v) is 5.22. The van der Waals surface area contributed by atoms with Gasteiger partial charge in [-0.25, -0.2) is 9.78 Å². The number of fused-ring (bicyclic) bond motifs is 1. The van der Waals surface area contributed by atoms with Gasteiger partial charge in [-0.3, -0.25) is 0 Å². The predicted molar refractivity (Wildman–Crippen MR) is 74.5 cm³/mol. The van der Waals surface area contributed by atoms with Gasteiger partial charge in [0.2, 0.25) is 0 Å². The van der Waals surface area contributed by atoms with Crippen molar-refractivity contribution in [2.24, 2.45) is 0 Å². The Morgan fingerprint density at radius 1 is 1.53 bits per heavy atom. The van der Waals surface area contributed by atoms with Crippen molar-refractivity contribution in [2.75, 3.05) is 14.1 Å². The Labute approximate surface area is 116 Å². The molecule has 2 aromatic rings. The van der Waals surface area contributed by atoms with Crippen LogP contribution in [0.3, 0.4) is 0 Å². The number of carboxylic acid groups (broad SMARTS) is 1. The minimum Gasteiger partial charge on any atom is -0.480 e. The first-order chi connectivity index (χ1) is 8.90. The lowest BCUT2D eigenvalue weighted by molar-refractivity contribution is -0.140. The van der Waals surface area contributed by atoms with Gasteiger partial charge in [0, 0.05) is 5.02 Å². The summed E-state index contributed by atoms with van der Waals surface area (Å²) >= 11 is 5.95.